The number of carbonyl (C=O) groups is 1. The predicted octanol–water partition coefficient (Wildman–Crippen LogP) is 4.94. The Morgan fingerprint density at radius 1 is 1.00 bits per heavy atom. The zero-order chi connectivity index (χ0) is 25.6. The molecular weight excluding hydrogens is 481 g/mol. The minimum atomic E-state index is -4.51. The monoisotopic (exact) mass is 506 g/mol. The molecule has 35 heavy (non-hydrogen) atoms. The largest absolute Gasteiger partial charge is 0.494 e. The molecule has 3 aromatic rings. The summed E-state index contributed by atoms with van der Waals surface area (Å²) in [5.41, 5.74) is 0.564. The molecule has 0 aromatic heterocycles. The first-order valence-corrected chi connectivity index (χ1v) is 12.3. The normalized spacial score (nSPS) is 12.7. The van der Waals surface area contributed by atoms with Crippen molar-refractivity contribution in [2.75, 3.05) is 11.9 Å². The van der Waals surface area contributed by atoms with Gasteiger partial charge in [-0.05, 0) is 73.9 Å². The smallest absolute Gasteiger partial charge is 0.416 e. The maximum atomic E-state index is 13.1. The molecular formula is C25H25F3N2O4S. The molecule has 1 amide bonds. The number of halogens is 3. The zero-order valence-electron chi connectivity index (χ0n) is 19.1. The lowest BCUT2D eigenvalue weighted by molar-refractivity contribution is -0.137. The van der Waals surface area contributed by atoms with Gasteiger partial charge < -0.3 is 10.1 Å². The van der Waals surface area contributed by atoms with Crippen LogP contribution < -0.4 is 14.8 Å². The summed E-state index contributed by atoms with van der Waals surface area (Å²) < 4.78 is 72.6. The van der Waals surface area contributed by atoms with Gasteiger partial charge in [0.15, 0.2) is 0 Å². The SMILES string of the molecule is CCOc1ccc(S(=O)(=O)N[C@H](Cc2ccccc2)C(=O)Nc2ccc(C(F)(F)F)cc2)cc1C. The molecule has 3 rings (SSSR count). The van der Waals surface area contributed by atoms with Gasteiger partial charge in [0.2, 0.25) is 15.9 Å². The van der Waals surface area contributed by atoms with E-state index in [1.54, 1.807) is 43.3 Å². The van der Waals surface area contributed by atoms with Gasteiger partial charge in [0.1, 0.15) is 11.8 Å². The Kier molecular flexibility index (Phi) is 8.18. The van der Waals surface area contributed by atoms with Gasteiger partial charge in [0.25, 0.3) is 0 Å². The van der Waals surface area contributed by atoms with Gasteiger partial charge in [0, 0.05) is 5.69 Å². The molecule has 1 atom stereocenters. The number of anilines is 1. The molecule has 0 bridgehead atoms. The Bertz CT molecular complexity index is 1260. The van der Waals surface area contributed by atoms with Crippen molar-refractivity contribution in [3.63, 3.8) is 0 Å². The number of nitrogens with one attached hydrogen (secondary N) is 2. The Balaban J connectivity index is 1.85. The minimum Gasteiger partial charge on any atom is -0.494 e. The maximum Gasteiger partial charge on any atom is 0.416 e. The van der Waals surface area contributed by atoms with E-state index < -0.39 is 33.7 Å². The van der Waals surface area contributed by atoms with E-state index in [0.717, 1.165) is 24.3 Å². The highest BCUT2D eigenvalue weighted by Crippen LogP contribution is 2.30. The van der Waals surface area contributed by atoms with Crippen LogP contribution in [0.15, 0.2) is 77.7 Å². The summed E-state index contributed by atoms with van der Waals surface area (Å²) in [6, 6.07) is 15.8. The lowest BCUT2D eigenvalue weighted by Crippen LogP contribution is -2.45. The number of ether oxygens (including phenoxy) is 1. The van der Waals surface area contributed by atoms with Crippen molar-refractivity contribution in [2.45, 2.75) is 37.4 Å². The van der Waals surface area contributed by atoms with Crippen LogP contribution in [0.2, 0.25) is 0 Å². The molecule has 0 saturated carbocycles. The molecule has 0 radical (unpaired) electrons. The molecule has 0 aliphatic carbocycles. The van der Waals surface area contributed by atoms with E-state index in [2.05, 4.69) is 10.0 Å². The van der Waals surface area contributed by atoms with Gasteiger partial charge in [-0.3, -0.25) is 4.79 Å². The number of sulfonamides is 1. The molecule has 0 heterocycles. The standard InChI is InChI=1S/C25H25F3N2O4S/c1-3-34-23-14-13-21(15-17(23)2)35(32,33)30-22(16-18-7-5-4-6-8-18)24(31)29-20-11-9-19(10-12-20)25(26,27)28/h4-15,22,30H,3,16H2,1-2H3,(H,29,31)/t22-/m1/s1. The molecule has 10 heteroatoms. The lowest BCUT2D eigenvalue weighted by Gasteiger charge is -2.19. The molecule has 0 aliphatic heterocycles. The summed E-state index contributed by atoms with van der Waals surface area (Å²) in [6.45, 7) is 3.95. The summed E-state index contributed by atoms with van der Waals surface area (Å²) in [7, 11) is -4.11. The van der Waals surface area contributed by atoms with Crippen molar-refractivity contribution in [1.82, 2.24) is 4.72 Å². The van der Waals surface area contributed by atoms with E-state index >= 15 is 0 Å². The molecule has 2 N–H and O–H groups in total. The Labute approximate surface area is 202 Å². The van der Waals surface area contributed by atoms with Gasteiger partial charge >= 0.3 is 6.18 Å². The van der Waals surface area contributed by atoms with Crippen LogP contribution in [-0.2, 0) is 27.4 Å². The van der Waals surface area contributed by atoms with Gasteiger partial charge in [-0.15, -0.1) is 0 Å². The number of rotatable bonds is 9. The van der Waals surface area contributed by atoms with Crippen LogP contribution in [0.25, 0.3) is 0 Å². The topological polar surface area (TPSA) is 84.5 Å². The van der Waals surface area contributed by atoms with Gasteiger partial charge in [-0.25, -0.2) is 8.42 Å². The van der Waals surface area contributed by atoms with E-state index in [0.29, 0.717) is 23.5 Å². The number of carbonyl (C=O) groups excluding carboxylic acids is 1. The number of hydrogen-bond donors (Lipinski definition) is 2. The van der Waals surface area contributed by atoms with Crippen LogP contribution in [0.1, 0.15) is 23.6 Å². The Hall–Kier alpha value is -3.37. The molecule has 0 fully saturated rings. The molecule has 0 aliphatic rings. The Morgan fingerprint density at radius 3 is 2.23 bits per heavy atom. The van der Waals surface area contributed by atoms with Crippen LogP contribution in [0.4, 0.5) is 18.9 Å². The Morgan fingerprint density at radius 2 is 1.66 bits per heavy atom. The van der Waals surface area contributed by atoms with Crippen LogP contribution >= 0.6 is 0 Å². The van der Waals surface area contributed by atoms with Crippen molar-refractivity contribution in [2.24, 2.45) is 0 Å². The van der Waals surface area contributed by atoms with E-state index in [-0.39, 0.29) is 17.0 Å². The molecule has 0 spiro atoms. The predicted molar refractivity (Wildman–Crippen MR) is 127 cm³/mol. The van der Waals surface area contributed by atoms with Crippen LogP contribution in [0.3, 0.4) is 0 Å². The van der Waals surface area contributed by atoms with Gasteiger partial charge in [-0.1, -0.05) is 30.3 Å². The third kappa shape index (κ3) is 7.06. The van der Waals surface area contributed by atoms with E-state index in [1.807, 2.05) is 6.92 Å². The fourth-order valence-corrected chi connectivity index (χ4v) is 4.65. The fourth-order valence-electron chi connectivity index (χ4n) is 3.37. The van der Waals surface area contributed by atoms with Crippen LogP contribution in [0.5, 0.6) is 5.75 Å². The van der Waals surface area contributed by atoms with Crippen molar-refractivity contribution >= 4 is 21.6 Å². The van der Waals surface area contributed by atoms with Gasteiger partial charge in [-0.2, -0.15) is 17.9 Å². The molecule has 0 unspecified atom stereocenters. The van der Waals surface area contributed by atoms with Crippen molar-refractivity contribution in [3.8, 4) is 5.75 Å². The molecule has 186 valence electrons. The van der Waals surface area contributed by atoms with Gasteiger partial charge in [0.05, 0.1) is 17.1 Å². The molecule has 0 saturated heterocycles. The average Bonchev–Trinajstić information content (AvgIpc) is 2.80. The van der Waals surface area contributed by atoms with Crippen molar-refractivity contribution in [3.05, 3.63) is 89.5 Å². The average molecular weight is 507 g/mol. The third-order valence-corrected chi connectivity index (χ3v) is 6.60. The second-order valence-corrected chi connectivity index (χ2v) is 9.50. The first-order valence-electron chi connectivity index (χ1n) is 10.8. The summed E-state index contributed by atoms with van der Waals surface area (Å²) in [5.74, 6) is -0.160. The first kappa shape index (κ1) is 26.2. The summed E-state index contributed by atoms with van der Waals surface area (Å²) in [6.07, 6.45) is -4.48. The summed E-state index contributed by atoms with van der Waals surface area (Å²) in [5, 5.41) is 2.50. The highest BCUT2D eigenvalue weighted by molar-refractivity contribution is 7.89. The van der Waals surface area contributed by atoms with E-state index in [1.165, 1.54) is 12.1 Å². The van der Waals surface area contributed by atoms with Crippen LogP contribution in [0, 0.1) is 6.92 Å². The maximum absolute atomic E-state index is 13.1. The zero-order valence-corrected chi connectivity index (χ0v) is 19.9. The highest BCUT2D eigenvalue weighted by atomic mass is 32.2. The van der Waals surface area contributed by atoms with E-state index in [4.69, 9.17) is 4.74 Å². The quantitative estimate of drug-likeness (QED) is 0.431. The number of alkyl halides is 3. The fraction of sp³-hybridized carbons (Fsp3) is 0.240. The molecule has 3 aromatic carbocycles. The second kappa shape index (κ2) is 10.9. The molecule has 6 nitrogen and oxygen atoms in total. The number of benzene rings is 3. The van der Waals surface area contributed by atoms with Crippen LogP contribution in [-0.4, -0.2) is 27.0 Å². The summed E-state index contributed by atoms with van der Waals surface area (Å²) in [4.78, 5) is 13.0. The number of aryl methyl sites for hydroxylation is 1. The second-order valence-electron chi connectivity index (χ2n) is 7.79. The van der Waals surface area contributed by atoms with Crippen molar-refractivity contribution < 1.29 is 31.1 Å². The highest BCUT2D eigenvalue weighted by Gasteiger charge is 2.30. The van der Waals surface area contributed by atoms with Crippen molar-refractivity contribution in [1.29, 1.82) is 0 Å². The number of hydrogen-bond acceptors (Lipinski definition) is 4. The lowest BCUT2D eigenvalue weighted by atomic mass is 10.1. The number of amides is 1. The van der Waals surface area contributed by atoms with E-state index in [9.17, 15) is 26.4 Å². The first-order chi connectivity index (χ1) is 16.5. The third-order valence-electron chi connectivity index (χ3n) is 5.13. The minimum absolute atomic E-state index is 0.0303. The summed E-state index contributed by atoms with van der Waals surface area (Å²) >= 11 is 0.